The number of imidazole rings is 1. The van der Waals surface area contributed by atoms with Gasteiger partial charge in [0, 0.05) is 0 Å². The summed E-state index contributed by atoms with van der Waals surface area (Å²) in [6.45, 7) is -0.101. The summed E-state index contributed by atoms with van der Waals surface area (Å²) in [7, 11) is 0. The van der Waals surface area contributed by atoms with E-state index in [2.05, 4.69) is 20.9 Å². The van der Waals surface area contributed by atoms with Crippen LogP contribution >= 0.6 is 39.1 Å². The summed E-state index contributed by atoms with van der Waals surface area (Å²) in [6, 6.07) is 3.20. The molecule has 2 aromatic rings. The Morgan fingerprint density at radius 2 is 1.86 bits per heavy atom. The second-order valence-corrected chi connectivity index (χ2v) is 6.30. The first-order valence-corrected chi connectivity index (χ1v) is 7.63. The molecule has 0 unspecified atom stereocenters. The summed E-state index contributed by atoms with van der Waals surface area (Å²) in [6.07, 6.45) is -4.66. The van der Waals surface area contributed by atoms with Crippen LogP contribution in [0.25, 0.3) is 11.0 Å². The molecule has 0 amide bonds. The minimum atomic E-state index is -1.31. The third-order valence-corrected chi connectivity index (χ3v) is 4.70. The van der Waals surface area contributed by atoms with Crippen molar-refractivity contribution in [3.8, 4) is 0 Å². The number of halogens is 3. The molecule has 3 rings (SSSR count). The number of hydrogen-bond acceptors (Lipinski definition) is 5. The summed E-state index contributed by atoms with van der Waals surface area (Å²) in [5.74, 6) is 0. The van der Waals surface area contributed by atoms with Gasteiger partial charge in [0.1, 0.15) is 18.3 Å². The number of ether oxygens (including phenoxy) is 1. The number of nitrogens with zero attached hydrogens (tertiary/aromatic N) is 2. The van der Waals surface area contributed by atoms with Crippen molar-refractivity contribution >= 4 is 50.2 Å². The van der Waals surface area contributed by atoms with Crippen LogP contribution in [0.1, 0.15) is 6.23 Å². The molecule has 0 spiro atoms. The fourth-order valence-electron chi connectivity index (χ4n) is 2.32. The lowest BCUT2D eigenvalue weighted by Crippen LogP contribution is -2.50. The van der Waals surface area contributed by atoms with Gasteiger partial charge in [-0.15, -0.1) is 0 Å². The van der Waals surface area contributed by atoms with Crippen molar-refractivity contribution < 1.29 is 20.1 Å². The maximum atomic E-state index is 10.1. The van der Waals surface area contributed by atoms with Crippen LogP contribution in [0.4, 0.5) is 0 Å². The maximum Gasteiger partial charge on any atom is 0.180 e. The molecule has 2 heterocycles. The number of aliphatic hydroxyl groups excluding tert-OH is 3. The quantitative estimate of drug-likeness (QED) is 0.681. The molecule has 0 radical (unpaired) electrons. The molecule has 114 valence electrons. The first-order valence-electron chi connectivity index (χ1n) is 6.08. The van der Waals surface area contributed by atoms with Gasteiger partial charge in [0.05, 0.1) is 27.7 Å². The van der Waals surface area contributed by atoms with Gasteiger partial charge < -0.3 is 20.1 Å². The highest BCUT2D eigenvalue weighted by atomic mass is 79.9. The number of benzene rings is 1. The lowest BCUT2D eigenvalue weighted by molar-refractivity contribution is -0.210. The van der Waals surface area contributed by atoms with Crippen molar-refractivity contribution in [1.29, 1.82) is 0 Å². The molecule has 4 atom stereocenters. The fraction of sp³-hybridized carbons (Fsp3) is 0.417. The molecule has 1 aromatic heterocycles. The Morgan fingerprint density at radius 1 is 1.19 bits per heavy atom. The highest BCUT2D eigenvalue weighted by molar-refractivity contribution is 9.10. The van der Waals surface area contributed by atoms with Crippen molar-refractivity contribution in [2.45, 2.75) is 24.5 Å². The molecule has 9 heteroatoms. The van der Waals surface area contributed by atoms with Crippen LogP contribution in [-0.2, 0) is 4.74 Å². The summed E-state index contributed by atoms with van der Waals surface area (Å²) >= 11 is 15.3. The summed E-state index contributed by atoms with van der Waals surface area (Å²) in [5, 5.41) is 30.1. The zero-order valence-electron chi connectivity index (χ0n) is 10.4. The van der Waals surface area contributed by atoms with Gasteiger partial charge in [-0.25, -0.2) is 4.98 Å². The zero-order chi connectivity index (χ0) is 15.3. The van der Waals surface area contributed by atoms with Crippen molar-refractivity contribution in [2.24, 2.45) is 0 Å². The molecule has 0 aliphatic carbocycles. The van der Waals surface area contributed by atoms with Crippen LogP contribution in [-0.4, -0.2) is 49.8 Å². The van der Waals surface area contributed by atoms with Crippen LogP contribution < -0.4 is 0 Å². The smallest absolute Gasteiger partial charge is 0.180 e. The molecule has 1 aromatic carbocycles. The Bertz CT molecular complexity index is 695. The maximum absolute atomic E-state index is 10.1. The molecule has 6 nitrogen and oxygen atoms in total. The van der Waals surface area contributed by atoms with E-state index in [0.717, 1.165) is 0 Å². The zero-order valence-corrected chi connectivity index (χ0v) is 13.5. The van der Waals surface area contributed by atoms with Crippen molar-refractivity contribution in [1.82, 2.24) is 9.55 Å². The summed E-state index contributed by atoms with van der Waals surface area (Å²) in [5.41, 5.74) is 1.15. The number of hydrogen-bond donors (Lipinski definition) is 3. The van der Waals surface area contributed by atoms with Crippen molar-refractivity contribution in [3.05, 3.63) is 26.9 Å². The van der Waals surface area contributed by atoms with E-state index < -0.39 is 24.5 Å². The molecule has 1 saturated heterocycles. The largest absolute Gasteiger partial charge is 0.388 e. The molecule has 0 saturated carbocycles. The van der Waals surface area contributed by atoms with Gasteiger partial charge in [-0.3, -0.25) is 4.57 Å². The Hall–Kier alpha value is -0.410. The highest BCUT2D eigenvalue weighted by Crippen LogP contribution is 2.35. The third kappa shape index (κ3) is 2.57. The molecule has 0 bridgehead atoms. The highest BCUT2D eigenvalue weighted by Gasteiger charge is 2.39. The predicted molar refractivity (Wildman–Crippen MR) is 80.5 cm³/mol. The van der Waals surface area contributed by atoms with Gasteiger partial charge in [0.2, 0.25) is 0 Å². The fourth-order valence-corrected chi connectivity index (χ4v) is 3.22. The second-order valence-electron chi connectivity index (χ2n) is 4.78. The van der Waals surface area contributed by atoms with Gasteiger partial charge in [0.25, 0.3) is 0 Å². The van der Waals surface area contributed by atoms with Crippen LogP contribution in [0.5, 0.6) is 0 Å². The van der Waals surface area contributed by atoms with E-state index >= 15 is 0 Å². The molecular weight excluding hydrogens is 387 g/mol. The Balaban J connectivity index is 2.12. The van der Waals surface area contributed by atoms with Crippen LogP contribution in [0.3, 0.4) is 0 Å². The number of fused-ring (bicyclic) bond motifs is 1. The van der Waals surface area contributed by atoms with E-state index in [0.29, 0.717) is 25.8 Å². The normalized spacial score (nSPS) is 30.0. The number of aromatic nitrogens is 2. The Morgan fingerprint density at radius 3 is 2.57 bits per heavy atom. The first-order chi connectivity index (χ1) is 9.90. The standard InChI is InChI=1S/C12H11BrCl2N2O4/c13-12-16-6-1-4(14)5(15)2-7(6)17(12)11-10(20)9(19)8(18)3-21-11/h1-2,8-11,18-20H,3H2/t8-,9+,10+,11-/m1/s1. The van der Waals surface area contributed by atoms with E-state index in [1.807, 2.05) is 0 Å². The summed E-state index contributed by atoms with van der Waals surface area (Å²) in [4.78, 5) is 4.27. The van der Waals surface area contributed by atoms with Crippen LogP contribution in [0.15, 0.2) is 16.9 Å². The van der Waals surface area contributed by atoms with E-state index in [1.54, 1.807) is 16.7 Å². The van der Waals surface area contributed by atoms with E-state index in [1.165, 1.54) is 0 Å². The minimum Gasteiger partial charge on any atom is -0.388 e. The topological polar surface area (TPSA) is 87.7 Å². The molecule has 3 N–H and O–H groups in total. The molecule has 21 heavy (non-hydrogen) atoms. The molecule has 1 aliphatic rings. The second kappa shape index (κ2) is 5.66. The molecular formula is C12H11BrCl2N2O4. The average molecular weight is 398 g/mol. The van der Waals surface area contributed by atoms with Crippen molar-refractivity contribution in [2.75, 3.05) is 6.61 Å². The lowest BCUT2D eigenvalue weighted by atomic mass is 10.0. The monoisotopic (exact) mass is 396 g/mol. The Labute approximate surface area is 138 Å². The number of rotatable bonds is 1. The van der Waals surface area contributed by atoms with Crippen molar-refractivity contribution in [3.63, 3.8) is 0 Å². The molecule has 1 aliphatic heterocycles. The Kier molecular flexibility index (Phi) is 4.17. The predicted octanol–water partition coefficient (Wildman–Crippen LogP) is 1.72. The van der Waals surface area contributed by atoms with Crippen LogP contribution in [0, 0.1) is 0 Å². The minimum absolute atomic E-state index is 0.101. The lowest BCUT2D eigenvalue weighted by Gasteiger charge is -2.36. The third-order valence-electron chi connectivity index (χ3n) is 3.42. The first kappa shape index (κ1) is 15.5. The summed E-state index contributed by atoms with van der Waals surface area (Å²) < 4.78 is 7.38. The van der Waals surface area contributed by atoms with Gasteiger partial charge >= 0.3 is 0 Å². The SMILES string of the molecule is O[C@@H]1[C@H](O)[C@H](n2c(Br)nc3cc(Cl)c(Cl)cc32)OC[C@H]1O. The van der Waals surface area contributed by atoms with Gasteiger partial charge in [-0.2, -0.15) is 0 Å². The molecule has 1 fully saturated rings. The van der Waals surface area contributed by atoms with E-state index in [-0.39, 0.29) is 6.61 Å². The van der Waals surface area contributed by atoms with E-state index in [4.69, 9.17) is 27.9 Å². The number of aliphatic hydroxyl groups is 3. The van der Waals surface area contributed by atoms with Gasteiger partial charge in [0.15, 0.2) is 11.0 Å². The average Bonchev–Trinajstić information content (AvgIpc) is 2.73. The van der Waals surface area contributed by atoms with Gasteiger partial charge in [-0.1, -0.05) is 23.2 Å². The van der Waals surface area contributed by atoms with E-state index in [9.17, 15) is 15.3 Å². The van der Waals surface area contributed by atoms with Crippen LogP contribution in [0.2, 0.25) is 10.0 Å². The van der Waals surface area contributed by atoms with Gasteiger partial charge in [-0.05, 0) is 28.1 Å².